The minimum Gasteiger partial charge on any atom is -0.294 e. The third kappa shape index (κ3) is 2.90. The van der Waals surface area contributed by atoms with Crippen molar-refractivity contribution in [1.29, 1.82) is 0 Å². The van der Waals surface area contributed by atoms with E-state index in [4.69, 9.17) is 0 Å². The van der Waals surface area contributed by atoms with Crippen molar-refractivity contribution in [2.24, 2.45) is 4.76 Å². The predicted molar refractivity (Wildman–Crippen MR) is 34.4 cm³/mol. The zero-order chi connectivity index (χ0) is 8.04. The largest absolute Gasteiger partial charge is 0.464 e. The molecule has 5 nitrogen and oxygen atoms in total. The van der Waals surface area contributed by atoms with E-state index in [-0.39, 0.29) is 6.61 Å². The summed E-state index contributed by atoms with van der Waals surface area (Å²) in [7, 11) is -2.35. The molecule has 1 unspecified atom stereocenters. The minimum absolute atomic E-state index is 0.177. The van der Waals surface area contributed by atoms with Gasteiger partial charge in [0.25, 0.3) is 0 Å². The Bertz CT molecular complexity index is 186. The maximum atomic E-state index is 10.9. The molecule has 0 heterocycles. The van der Waals surface area contributed by atoms with Crippen LogP contribution in [0.5, 0.6) is 0 Å². The molecule has 0 aliphatic rings. The smallest absolute Gasteiger partial charge is 0.294 e. The van der Waals surface area contributed by atoms with E-state index >= 15 is 0 Å². The van der Waals surface area contributed by atoms with Gasteiger partial charge >= 0.3 is 7.75 Å². The Morgan fingerprint density at radius 3 is 2.60 bits per heavy atom. The summed E-state index contributed by atoms with van der Waals surface area (Å²) in [5, 5.41) is 0. The first-order valence-corrected chi connectivity index (χ1v) is 4.07. The molecule has 0 aliphatic heterocycles. The Kier molecular flexibility index (Phi) is 4.16. The zero-order valence-corrected chi connectivity index (χ0v) is 6.63. The van der Waals surface area contributed by atoms with Gasteiger partial charge in [-0.1, -0.05) is 4.76 Å². The van der Waals surface area contributed by atoms with Crippen molar-refractivity contribution in [1.82, 2.24) is 0 Å². The van der Waals surface area contributed by atoms with Gasteiger partial charge in [0.1, 0.15) is 0 Å². The van der Waals surface area contributed by atoms with Crippen LogP contribution < -0.4 is 0 Å². The molecular weight excluding hydrogens is 157 g/mol. The van der Waals surface area contributed by atoms with Crippen LogP contribution in [-0.2, 0) is 18.4 Å². The lowest BCUT2D eigenvalue weighted by Crippen LogP contribution is -1.88. The third-order valence-electron chi connectivity index (χ3n) is 0.686. The Hall–Kier alpha value is -0.470. The molecule has 0 aromatic carbocycles. The highest BCUT2D eigenvalue weighted by molar-refractivity contribution is 7.52. The molecule has 0 bridgehead atoms. The number of hydrogen-bond acceptors (Lipinski definition) is 4. The molecule has 58 valence electrons. The second kappa shape index (κ2) is 4.36. The normalized spacial score (nSPS) is 15.4. The first-order valence-electron chi connectivity index (χ1n) is 2.58. The summed E-state index contributed by atoms with van der Waals surface area (Å²) >= 11 is 0. The number of nitrogens with zero attached hydrogens (tertiary/aromatic N) is 1. The second-order valence-corrected chi connectivity index (χ2v) is 3.02. The van der Waals surface area contributed by atoms with Gasteiger partial charge in [0, 0.05) is 7.11 Å². The summed E-state index contributed by atoms with van der Waals surface area (Å²) in [5.41, 5.74) is 0. The van der Waals surface area contributed by atoms with E-state index in [0.29, 0.717) is 0 Å². The Morgan fingerprint density at radius 1 is 1.70 bits per heavy atom. The highest BCUT2D eigenvalue weighted by atomic mass is 31.2. The lowest BCUT2D eigenvalue weighted by Gasteiger charge is -2.05. The van der Waals surface area contributed by atoms with E-state index < -0.39 is 7.75 Å². The fourth-order valence-corrected chi connectivity index (χ4v) is 1.01. The summed E-state index contributed by atoms with van der Waals surface area (Å²) in [6.45, 7) is 1.79. The molecule has 0 radical (unpaired) electrons. The van der Waals surface area contributed by atoms with Crippen LogP contribution in [0.2, 0.25) is 0 Å². The highest BCUT2D eigenvalue weighted by Gasteiger charge is 2.20. The van der Waals surface area contributed by atoms with Crippen LogP contribution >= 0.6 is 7.75 Å². The quantitative estimate of drug-likeness (QED) is 0.355. The summed E-state index contributed by atoms with van der Waals surface area (Å²) in [5.74, 6) is 0. The first kappa shape index (κ1) is 9.53. The number of hydrogen-bond donors (Lipinski definition) is 0. The average Bonchev–Trinajstić information content (AvgIpc) is 1.89. The lowest BCUT2D eigenvalue weighted by atomic mass is 10.9. The summed E-state index contributed by atoms with van der Waals surface area (Å²) < 4.78 is 22.6. The number of isocyanates is 1. The molecule has 0 amide bonds. The van der Waals surface area contributed by atoms with E-state index in [1.165, 1.54) is 0 Å². The van der Waals surface area contributed by atoms with Crippen molar-refractivity contribution in [2.75, 3.05) is 13.7 Å². The van der Waals surface area contributed by atoms with Crippen LogP contribution in [0.4, 0.5) is 0 Å². The van der Waals surface area contributed by atoms with Gasteiger partial charge in [-0.05, 0) is 6.92 Å². The van der Waals surface area contributed by atoms with Gasteiger partial charge < -0.3 is 0 Å². The van der Waals surface area contributed by atoms with E-state index in [2.05, 4.69) is 13.8 Å². The van der Waals surface area contributed by atoms with Gasteiger partial charge in [0.05, 0.1) is 6.61 Å². The standard InChI is InChI=1S/C4H8NO4P/c1-3-9-10(7,8-2)5-4-6/h3H2,1-2H3. The molecule has 0 saturated heterocycles. The summed E-state index contributed by atoms with van der Waals surface area (Å²) in [4.78, 5) is 9.63. The Morgan fingerprint density at radius 2 is 2.30 bits per heavy atom. The maximum Gasteiger partial charge on any atom is 0.464 e. The molecule has 0 aromatic heterocycles. The average molecular weight is 165 g/mol. The Balaban J connectivity index is 4.23. The first-order chi connectivity index (χ1) is 4.68. The van der Waals surface area contributed by atoms with Crippen molar-refractivity contribution < 1.29 is 18.4 Å². The zero-order valence-electron chi connectivity index (χ0n) is 5.73. The van der Waals surface area contributed by atoms with Gasteiger partial charge in [0.15, 0.2) is 0 Å². The van der Waals surface area contributed by atoms with Crippen LogP contribution in [-0.4, -0.2) is 19.8 Å². The molecule has 0 N–H and O–H groups in total. The molecular formula is C4H8NO4P. The molecule has 0 rings (SSSR count). The van der Waals surface area contributed by atoms with Crippen molar-refractivity contribution in [3.05, 3.63) is 0 Å². The number of rotatable bonds is 4. The molecule has 0 spiro atoms. The SMILES string of the molecule is CCOP(=O)(N=C=O)OC. The minimum atomic E-state index is -3.50. The van der Waals surface area contributed by atoms with Crippen molar-refractivity contribution in [3.63, 3.8) is 0 Å². The molecule has 1 atom stereocenters. The fourth-order valence-electron chi connectivity index (χ4n) is 0.336. The number of carbonyl (C=O) groups excluding carboxylic acids is 1. The van der Waals surface area contributed by atoms with Crippen molar-refractivity contribution >= 4 is 13.8 Å². The maximum absolute atomic E-state index is 10.9. The van der Waals surface area contributed by atoms with Gasteiger partial charge in [0.2, 0.25) is 6.08 Å². The topological polar surface area (TPSA) is 65.0 Å². The van der Waals surface area contributed by atoms with Crippen LogP contribution in [0.25, 0.3) is 0 Å². The van der Waals surface area contributed by atoms with Gasteiger partial charge in [-0.15, -0.1) is 0 Å². The highest BCUT2D eigenvalue weighted by Crippen LogP contribution is 2.47. The van der Waals surface area contributed by atoms with Gasteiger partial charge in [-0.2, -0.15) is 0 Å². The lowest BCUT2D eigenvalue weighted by molar-refractivity contribution is 0.245. The monoisotopic (exact) mass is 165 g/mol. The fraction of sp³-hybridized carbons (Fsp3) is 0.750. The van der Waals surface area contributed by atoms with Gasteiger partial charge in [-0.3, -0.25) is 9.05 Å². The van der Waals surface area contributed by atoms with E-state index in [1.54, 1.807) is 6.92 Å². The third-order valence-corrected chi connectivity index (χ3v) is 2.06. The Labute approximate surface area is 58.6 Å². The van der Waals surface area contributed by atoms with E-state index in [9.17, 15) is 9.36 Å². The van der Waals surface area contributed by atoms with Crippen LogP contribution in [0.1, 0.15) is 6.92 Å². The van der Waals surface area contributed by atoms with Gasteiger partial charge in [-0.25, -0.2) is 9.36 Å². The second-order valence-electron chi connectivity index (χ2n) is 1.26. The van der Waals surface area contributed by atoms with E-state index in [0.717, 1.165) is 13.2 Å². The predicted octanol–water partition coefficient (Wildman–Crippen LogP) is 1.11. The summed E-state index contributed by atoms with van der Waals surface area (Å²) in [6, 6.07) is 0. The summed E-state index contributed by atoms with van der Waals surface area (Å²) in [6.07, 6.45) is 1.11. The molecule has 10 heavy (non-hydrogen) atoms. The van der Waals surface area contributed by atoms with Crippen LogP contribution in [0, 0.1) is 0 Å². The van der Waals surface area contributed by atoms with Crippen molar-refractivity contribution in [3.8, 4) is 0 Å². The van der Waals surface area contributed by atoms with Crippen molar-refractivity contribution in [2.45, 2.75) is 6.92 Å². The van der Waals surface area contributed by atoms with Crippen LogP contribution in [0.3, 0.4) is 0 Å². The van der Waals surface area contributed by atoms with Crippen LogP contribution in [0.15, 0.2) is 4.76 Å². The molecule has 0 aliphatic carbocycles. The molecule has 0 aromatic rings. The molecule has 6 heteroatoms. The van der Waals surface area contributed by atoms with E-state index in [1.807, 2.05) is 0 Å². The molecule has 0 fully saturated rings. The molecule has 0 saturated carbocycles.